The number of benzene rings is 1. The molecule has 1 amide bonds. The Morgan fingerprint density at radius 2 is 1.92 bits per heavy atom. The van der Waals surface area contributed by atoms with Crippen LogP contribution in [0.25, 0.3) is 0 Å². The molecule has 1 aromatic heterocycles. The van der Waals surface area contributed by atoms with E-state index in [2.05, 4.69) is 35.2 Å². The van der Waals surface area contributed by atoms with Crippen molar-refractivity contribution in [3.8, 4) is 0 Å². The van der Waals surface area contributed by atoms with Gasteiger partial charge in [-0.25, -0.2) is 0 Å². The van der Waals surface area contributed by atoms with Crippen LogP contribution in [0, 0.1) is 19.8 Å². The molecule has 5 heteroatoms. The number of anilines is 1. The normalized spacial score (nSPS) is 21.4. The first-order valence-corrected chi connectivity index (χ1v) is 9.16. The standard InChI is InChI=1S/C20H26N4O/c1-13-17(14(2)23(3)22-13)12-24-10-8-15(9-11-24)19-16-6-4-5-7-18(16)21-20(19)25/h4-7,15,19H,8-12H2,1-3H3,(H,21,25). The van der Waals surface area contributed by atoms with Crippen LogP contribution < -0.4 is 5.32 Å². The van der Waals surface area contributed by atoms with Crippen molar-refractivity contribution < 1.29 is 4.79 Å². The van der Waals surface area contributed by atoms with Crippen LogP contribution in [0.4, 0.5) is 5.69 Å². The number of nitrogens with one attached hydrogen (secondary N) is 1. The third-order valence-corrected chi connectivity index (χ3v) is 5.98. The molecule has 1 N–H and O–H groups in total. The Morgan fingerprint density at radius 3 is 2.60 bits per heavy atom. The summed E-state index contributed by atoms with van der Waals surface area (Å²) in [6, 6.07) is 8.14. The van der Waals surface area contributed by atoms with Crippen LogP contribution in [0.15, 0.2) is 24.3 Å². The van der Waals surface area contributed by atoms with Crippen molar-refractivity contribution >= 4 is 11.6 Å². The Hall–Kier alpha value is -2.14. The predicted molar refractivity (Wildman–Crippen MR) is 98.5 cm³/mol. The van der Waals surface area contributed by atoms with E-state index in [1.165, 1.54) is 16.8 Å². The van der Waals surface area contributed by atoms with Crippen LogP contribution >= 0.6 is 0 Å². The van der Waals surface area contributed by atoms with E-state index >= 15 is 0 Å². The molecule has 0 spiro atoms. The van der Waals surface area contributed by atoms with Gasteiger partial charge < -0.3 is 5.32 Å². The Labute approximate surface area is 149 Å². The Bertz CT molecular complexity index is 802. The van der Waals surface area contributed by atoms with Crippen LogP contribution in [-0.4, -0.2) is 33.7 Å². The molecule has 132 valence electrons. The molecule has 1 unspecified atom stereocenters. The monoisotopic (exact) mass is 338 g/mol. The van der Waals surface area contributed by atoms with Gasteiger partial charge in [-0.3, -0.25) is 14.4 Å². The zero-order valence-electron chi connectivity index (χ0n) is 15.2. The van der Waals surface area contributed by atoms with Gasteiger partial charge in [0.05, 0.1) is 11.6 Å². The number of nitrogens with zero attached hydrogens (tertiary/aromatic N) is 3. The molecule has 2 aromatic rings. The van der Waals surface area contributed by atoms with Crippen LogP contribution in [-0.2, 0) is 18.4 Å². The van der Waals surface area contributed by atoms with Gasteiger partial charge in [0, 0.05) is 30.5 Å². The van der Waals surface area contributed by atoms with Gasteiger partial charge in [0.1, 0.15) is 0 Å². The summed E-state index contributed by atoms with van der Waals surface area (Å²) in [5.74, 6) is 0.648. The largest absolute Gasteiger partial charge is 0.325 e. The van der Waals surface area contributed by atoms with E-state index < -0.39 is 0 Å². The molecule has 1 atom stereocenters. The highest BCUT2D eigenvalue weighted by molar-refractivity contribution is 6.03. The van der Waals surface area contributed by atoms with Crippen LogP contribution in [0.1, 0.15) is 41.3 Å². The fraction of sp³-hybridized carbons (Fsp3) is 0.500. The summed E-state index contributed by atoms with van der Waals surface area (Å²) in [6.45, 7) is 7.29. The number of carbonyl (C=O) groups excluding carboxylic acids is 1. The molecule has 0 saturated carbocycles. The van der Waals surface area contributed by atoms with Gasteiger partial charge in [-0.15, -0.1) is 0 Å². The van der Waals surface area contributed by atoms with Gasteiger partial charge in [0.25, 0.3) is 0 Å². The molecule has 1 aromatic carbocycles. The van der Waals surface area contributed by atoms with Gasteiger partial charge in [-0.2, -0.15) is 5.10 Å². The van der Waals surface area contributed by atoms with Crippen molar-refractivity contribution in [3.63, 3.8) is 0 Å². The number of hydrogen-bond acceptors (Lipinski definition) is 3. The van der Waals surface area contributed by atoms with Crippen molar-refractivity contribution in [1.82, 2.24) is 14.7 Å². The van der Waals surface area contributed by atoms with E-state index in [0.29, 0.717) is 5.92 Å². The van der Waals surface area contributed by atoms with Gasteiger partial charge in [-0.05, 0) is 57.3 Å². The molecule has 1 fully saturated rings. The van der Waals surface area contributed by atoms with Gasteiger partial charge in [0.15, 0.2) is 0 Å². The summed E-state index contributed by atoms with van der Waals surface area (Å²) in [6.07, 6.45) is 2.15. The Kier molecular flexibility index (Phi) is 4.12. The number of piperidine rings is 1. The summed E-state index contributed by atoms with van der Waals surface area (Å²) in [5.41, 5.74) is 5.92. The number of aryl methyl sites for hydroxylation is 2. The van der Waals surface area contributed by atoms with Gasteiger partial charge >= 0.3 is 0 Å². The van der Waals surface area contributed by atoms with Gasteiger partial charge in [0.2, 0.25) is 5.91 Å². The molecule has 3 heterocycles. The summed E-state index contributed by atoms with van der Waals surface area (Å²) in [4.78, 5) is 15.0. The first-order valence-electron chi connectivity index (χ1n) is 9.16. The summed E-state index contributed by atoms with van der Waals surface area (Å²) in [7, 11) is 2.01. The minimum Gasteiger partial charge on any atom is -0.325 e. The smallest absolute Gasteiger partial charge is 0.232 e. The van der Waals surface area contributed by atoms with Crippen molar-refractivity contribution in [1.29, 1.82) is 0 Å². The molecule has 0 bridgehead atoms. The van der Waals surface area contributed by atoms with E-state index in [0.717, 1.165) is 43.9 Å². The fourth-order valence-electron chi connectivity index (χ4n) is 4.42. The number of para-hydroxylation sites is 1. The lowest BCUT2D eigenvalue weighted by molar-refractivity contribution is -0.118. The number of fused-ring (bicyclic) bond motifs is 1. The second-order valence-corrected chi connectivity index (χ2v) is 7.44. The minimum absolute atomic E-state index is 0.0280. The average molecular weight is 338 g/mol. The number of amides is 1. The fourth-order valence-corrected chi connectivity index (χ4v) is 4.42. The lowest BCUT2D eigenvalue weighted by Gasteiger charge is -2.34. The quantitative estimate of drug-likeness (QED) is 0.936. The maximum absolute atomic E-state index is 12.5. The zero-order chi connectivity index (χ0) is 17.6. The highest BCUT2D eigenvalue weighted by Crippen LogP contribution is 2.41. The molecular formula is C20H26N4O. The van der Waals surface area contributed by atoms with E-state index in [-0.39, 0.29) is 11.8 Å². The number of rotatable bonds is 3. The summed E-state index contributed by atoms with van der Waals surface area (Å²) >= 11 is 0. The third kappa shape index (κ3) is 2.86. The number of aromatic nitrogens is 2. The average Bonchev–Trinajstić information content (AvgIpc) is 3.06. The van der Waals surface area contributed by atoms with Crippen LogP contribution in [0.5, 0.6) is 0 Å². The second kappa shape index (κ2) is 6.30. The lowest BCUT2D eigenvalue weighted by atomic mass is 9.80. The minimum atomic E-state index is 0.0280. The predicted octanol–water partition coefficient (Wildman–Crippen LogP) is 2.98. The maximum Gasteiger partial charge on any atom is 0.232 e. The van der Waals surface area contributed by atoms with Crippen molar-refractivity contribution in [3.05, 3.63) is 46.8 Å². The first-order chi connectivity index (χ1) is 12.0. The maximum atomic E-state index is 12.5. The summed E-state index contributed by atoms with van der Waals surface area (Å²) < 4.78 is 1.97. The van der Waals surface area contributed by atoms with E-state index in [1.807, 2.05) is 29.9 Å². The summed E-state index contributed by atoms with van der Waals surface area (Å²) in [5, 5.41) is 7.58. The van der Waals surface area contributed by atoms with Crippen molar-refractivity contribution in [2.24, 2.45) is 13.0 Å². The number of carbonyl (C=O) groups is 1. The Morgan fingerprint density at radius 1 is 1.20 bits per heavy atom. The SMILES string of the molecule is Cc1nn(C)c(C)c1CN1CCC(C2C(=O)Nc3ccccc32)CC1. The highest BCUT2D eigenvalue weighted by atomic mass is 16.2. The molecule has 2 aliphatic heterocycles. The van der Waals surface area contributed by atoms with E-state index in [4.69, 9.17) is 0 Å². The van der Waals surface area contributed by atoms with Crippen molar-refractivity contribution in [2.45, 2.75) is 39.2 Å². The Balaban J connectivity index is 1.43. The van der Waals surface area contributed by atoms with E-state index in [9.17, 15) is 4.79 Å². The molecule has 4 rings (SSSR count). The molecular weight excluding hydrogens is 312 g/mol. The number of likely N-dealkylation sites (tertiary alicyclic amines) is 1. The molecule has 25 heavy (non-hydrogen) atoms. The second-order valence-electron chi connectivity index (χ2n) is 7.44. The van der Waals surface area contributed by atoms with Crippen LogP contribution in [0.3, 0.4) is 0 Å². The lowest BCUT2D eigenvalue weighted by Crippen LogP contribution is -2.36. The molecule has 2 aliphatic rings. The highest BCUT2D eigenvalue weighted by Gasteiger charge is 2.38. The number of hydrogen-bond donors (Lipinski definition) is 1. The van der Waals surface area contributed by atoms with E-state index in [1.54, 1.807) is 0 Å². The molecule has 0 aliphatic carbocycles. The topological polar surface area (TPSA) is 50.2 Å². The third-order valence-electron chi connectivity index (χ3n) is 5.98. The first kappa shape index (κ1) is 16.3. The molecule has 1 saturated heterocycles. The molecule has 5 nitrogen and oxygen atoms in total. The van der Waals surface area contributed by atoms with Crippen LogP contribution in [0.2, 0.25) is 0 Å². The van der Waals surface area contributed by atoms with Gasteiger partial charge in [-0.1, -0.05) is 18.2 Å². The molecule has 0 radical (unpaired) electrons. The zero-order valence-corrected chi connectivity index (χ0v) is 15.2. The van der Waals surface area contributed by atoms with Crippen molar-refractivity contribution in [2.75, 3.05) is 18.4 Å².